The minimum Gasteiger partial charge on any atom is -0.454 e. The van der Waals surface area contributed by atoms with Crippen molar-refractivity contribution in [1.82, 2.24) is 0 Å². The molecule has 1 aliphatic carbocycles. The van der Waals surface area contributed by atoms with Gasteiger partial charge in [-0.15, -0.1) is 0 Å². The molecule has 0 saturated heterocycles. The van der Waals surface area contributed by atoms with Gasteiger partial charge in [0.2, 0.25) is 0 Å². The third-order valence-corrected chi connectivity index (χ3v) is 13.7. The lowest BCUT2D eigenvalue weighted by Crippen LogP contribution is -2.28. The van der Waals surface area contributed by atoms with Crippen molar-refractivity contribution < 1.29 is 4.42 Å². The van der Waals surface area contributed by atoms with E-state index in [0.29, 0.717) is 0 Å². The fourth-order valence-corrected chi connectivity index (χ4v) is 10.8. The summed E-state index contributed by atoms with van der Waals surface area (Å²) in [7, 11) is 0. The van der Waals surface area contributed by atoms with E-state index >= 15 is 0 Å². The number of hydrogen-bond donors (Lipinski definition) is 0. The van der Waals surface area contributed by atoms with Crippen LogP contribution in [0.25, 0.3) is 76.9 Å². The lowest BCUT2D eigenvalue weighted by atomic mass is 9.67. The molecule has 304 valence electrons. The highest BCUT2D eigenvalue weighted by atomic mass is 16.3. The molecule has 0 aliphatic heterocycles. The van der Waals surface area contributed by atoms with Crippen LogP contribution in [0.1, 0.15) is 22.3 Å². The van der Waals surface area contributed by atoms with Gasteiger partial charge < -0.3 is 9.32 Å². The molecule has 1 aliphatic rings. The monoisotopic (exact) mass is 827 g/mol. The van der Waals surface area contributed by atoms with Crippen LogP contribution in [-0.2, 0) is 5.41 Å². The van der Waals surface area contributed by atoms with Crippen LogP contribution in [0.15, 0.2) is 253 Å². The van der Waals surface area contributed by atoms with E-state index in [0.717, 1.165) is 44.6 Å². The van der Waals surface area contributed by atoms with E-state index in [-0.39, 0.29) is 0 Å². The maximum Gasteiger partial charge on any atom is 0.159 e. The normalized spacial score (nSPS) is 12.7. The van der Waals surface area contributed by atoms with Crippen LogP contribution in [0.3, 0.4) is 0 Å². The van der Waals surface area contributed by atoms with Crippen LogP contribution < -0.4 is 4.90 Å². The summed E-state index contributed by atoms with van der Waals surface area (Å²) in [6.07, 6.45) is 0. The summed E-state index contributed by atoms with van der Waals surface area (Å²) in [4.78, 5) is 2.39. The maximum atomic E-state index is 6.82. The molecule has 0 N–H and O–H groups in total. The smallest absolute Gasteiger partial charge is 0.159 e. The molecular weight excluding hydrogens is 787 g/mol. The van der Waals surface area contributed by atoms with Gasteiger partial charge in [0.15, 0.2) is 5.58 Å². The standard InChI is InChI=1S/C63H41NO/c1-3-20-48(21-4-1)63(49-22-5-2-6-23-49)58-27-13-11-24-52(58)53-37-36-51(41-59(53)63)64(60-28-15-26-55-54-25-12-14-29-61(54)65-62(55)60)50-34-32-43(33-35-50)56-39-45-18-9-10-19-46(45)40-57(56)47-31-30-42-16-7-8-17-44(42)38-47/h1-41H. The second-order valence-electron chi connectivity index (χ2n) is 17.2. The molecule has 0 spiro atoms. The molecule has 0 bridgehead atoms. The lowest BCUT2D eigenvalue weighted by molar-refractivity contribution is 0.669. The zero-order valence-electron chi connectivity index (χ0n) is 35.5. The van der Waals surface area contributed by atoms with Crippen molar-refractivity contribution in [2.75, 3.05) is 4.90 Å². The van der Waals surface area contributed by atoms with E-state index < -0.39 is 5.41 Å². The number of anilines is 3. The molecule has 65 heavy (non-hydrogen) atoms. The van der Waals surface area contributed by atoms with Crippen molar-refractivity contribution in [1.29, 1.82) is 0 Å². The number of fused-ring (bicyclic) bond motifs is 8. The summed E-state index contributed by atoms with van der Waals surface area (Å²) in [5.74, 6) is 0. The highest BCUT2D eigenvalue weighted by Crippen LogP contribution is 2.57. The summed E-state index contributed by atoms with van der Waals surface area (Å²) < 4.78 is 6.82. The van der Waals surface area contributed by atoms with Gasteiger partial charge in [-0.25, -0.2) is 0 Å². The molecule has 0 amide bonds. The van der Waals surface area contributed by atoms with Crippen LogP contribution in [0.2, 0.25) is 0 Å². The Balaban J connectivity index is 1.03. The second kappa shape index (κ2) is 14.8. The summed E-state index contributed by atoms with van der Waals surface area (Å²) in [5.41, 5.74) is 16.5. The summed E-state index contributed by atoms with van der Waals surface area (Å²) in [6.45, 7) is 0. The molecule has 12 aromatic rings. The number of benzene rings is 11. The van der Waals surface area contributed by atoms with Crippen LogP contribution in [0.4, 0.5) is 17.1 Å². The Kier molecular flexibility index (Phi) is 8.47. The average Bonchev–Trinajstić information content (AvgIpc) is 3.91. The van der Waals surface area contributed by atoms with E-state index in [2.05, 4.69) is 248 Å². The predicted molar refractivity (Wildman–Crippen MR) is 272 cm³/mol. The van der Waals surface area contributed by atoms with E-state index in [4.69, 9.17) is 4.42 Å². The zero-order valence-corrected chi connectivity index (χ0v) is 35.5. The Morgan fingerprint density at radius 1 is 0.323 bits per heavy atom. The fourth-order valence-electron chi connectivity index (χ4n) is 10.8. The first-order valence-corrected chi connectivity index (χ1v) is 22.4. The first-order valence-electron chi connectivity index (χ1n) is 22.4. The predicted octanol–water partition coefficient (Wildman–Crippen LogP) is 17.1. The fraction of sp³-hybridized carbons (Fsp3) is 0.0159. The van der Waals surface area contributed by atoms with Crippen molar-refractivity contribution >= 4 is 60.5 Å². The van der Waals surface area contributed by atoms with Gasteiger partial charge in [0.05, 0.1) is 11.1 Å². The highest BCUT2D eigenvalue weighted by Gasteiger charge is 2.46. The van der Waals surface area contributed by atoms with Gasteiger partial charge in [-0.05, 0) is 132 Å². The molecule has 0 radical (unpaired) electrons. The molecule has 2 heteroatoms. The largest absolute Gasteiger partial charge is 0.454 e. The molecule has 0 unspecified atom stereocenters. The Bertz CT molecular complexity index is 3730. The Labute approximate surface area is 377 Å². The number of rotatable bonds is 7. The van der Waals surface area contributed by atoms with Gasteiger partial charge in [-0.2, -0.15) is 0 Å². The van der Waals surface area contributed by atoms with E-state index in [1.54, 1.807) is 0 Å². The first-order chi connectivity index (χ1) is 32.2. The van der Waals surface area contributed by atoms with Crippen LogP contribution in [-0.4, -0.2) is 0 Å². The summed E-state index contributed by atoms with van der Waals surface area (Å²) in [5, 5.41) is 7.11. The van der Waals surface area contributed by atoms with Gasteiger partial charge in [-0.3, -0.25) is 0 Å². The second-order valence-corrected chi connectivity index (χ2v) is 17.2. The molecule has 0 atom stereocenters. The van der Waals surface area contributed by atoms with Crippen LogP contribution in [0.5, 0.6) is 0 Å². The van der Waals surface area contributed by atoms with Crippen molar-refractivity contribution in [2.24, 2.45) is 0 Å². The van der Waals surface area contributed by atoms with Gasteiger partial charge in [0.1, 0.15) is 5.58 Å². The zero-order chi connectivity index (χ0) is 42.9. The minimum atomic E-state index is -0.541. The molecular formula is C63H41NO. The molecule has 2 nitrogen and oxygen atoms in total. The quantitative estimate of drug-likeness (QED) is 0.159. The molecule has 1 heterocycles. The number of nitrogens with zero attached hydrogens (tertiary/aromatic N) is 1. The summed E-state index contributed by atoms with van der Waals surface area (Å²) >= 11 is 0. The maximum absolute atomic E-state index is 6.82. The van der Waals surface area contributed by atoms with Crippen molar-refractivity contribution in [3.8, 4) is 33.4 Å². The van der Waals surface area contributed by atoms with E-state index in [1.165, 1.54) is 71.6 Å². The van der Waals surface area contributed by atoms with Crippen molar-refractivity contribution in [3.63, 3.8) is 0 Å². The van der Waals surface area contributed by atoms with E-state index in [1.807, 2.05) is 6.07 Å². The Hall–Kier alpha value is -8.46. The Morgan fingerprint density at radius 3 is 1.62 bits per heavy atom. The van der Waals surface area contributed by atoms with Gasteiger partial charge >= 0.3 is 0 Å². The molecule has 0 fully saturated rings. The van der Waals surface area contributed by atoms with Crippen molar-refractivity contribution in [2.45, 2.75) is 5.41 Å². The first kappa shape index (κ1) is 37.1. The van der Waals surface area contributed by atoms with E-state index in [9.17, 15) is 0 Å². The molecule has 0 saturated carbocycles. The minimum absolute atomic E-state index is 0.541. The van der Waals surface area contributed by atoms with Gasteiger partial charge in [0, 0.05) is 22.1 Å². The highest BCUT2D eigenvalue weighted by molar-refractivity contribution is 6.10. The third kappa shape index (κ3) is 5.81. The van der Waals surface area contributed by atoms with Crippen LogP contribution in [0, 0.1) is 0 Å². The SMILES string of the molecule is c1ccc(C2(c3ccccc3)c3ccccc3-c3ccc(N(c4ccc(-c5cc6ccccc6cc5-c5ccc6ccccc6c5)cc4)c4cccc5c4oc4ccccc45)cc32)cc1. The van der Waals surface area contributed by atoms with Crippen molar-refractivity contribution in [3.05, 3.63) is 271 Å². The summed E-state index contributed by atoms with van der Waals surface area (Å²) in [6, 6.07) is 90.9. The van der Waals surface area contributed by atoms with Crippen LogP contribution >= 0.6 is 0 Å². The molecule has 13 rings (SSSR count). The lowest BCUT2D eigenvalue weighted by Gasteiger charge is -2.35. The number of hydrogen-bond acceptors (Lipinski definition) is 2. The number of para-hydroxylation sites is 2. The van der Waals surface area contributed by atoms with Gasteiger partial charge in [-0.1, -0.05) is 194 Å². The Morgan fingerprint density at radius 2 is 0.877 bits per heavy atom. The topological polar surface area (TPSA) is 16.4 Å². The average molecular weight is 828 g/mol. The molecule has 1 aromatic heterocycles. The van der Waals surface area contributed by atoms with Gasteiger partial charge in [0.25, 0.3) is 0 Å². The third-order valence-electron chi connectivity index (χ3n) is 13.7. The molecule has 11 aromatic carbocycles. The number of furan rings is 1.